The average Bonchev–Trinajstić information content (AvgIpc) is 3.46. The largest absolute Gasteiger partial charge is 0.494 e. The number of likely N-dealkylation sites (tertiary alicyclic amines) is 1. The molecular formula is C26H28N2O2. The van der Waals surface area contributed by atoms with Crippen LogP contribution in [-0.2, 0) is 11.2 Å². The van der Waals surface area contributed by atoms with E-state index in [1.54, 1.807) is 0 Å². The molecule has 0 saturated carbocycles. The van der Waals surface area contributed by atoms with Gasteiger partial charge in [-0.2, -0.15) is 0 Å². The van der Waals surface area contributed by atoms with E-state index in [1.807, 2.05) is 41.2 Å². The first-order valence-corrected chi connectivity index (χ1v) is 11.1. The maximum atomic E-state index is 13.2. The molecule has 3 heterocycles. The van der Waals surface area contributed by atoms with E-state index in [1.165, 1.54) is 42.4 Å². The molecule has 4 nitrogen and oxygen atoms in total. The number of rotatable bonds is 5. The summed E-state index contributed by atoms with van der Waals surface area (Å²) in [6, 6.07) is 16.0. The molecule has 154 valence electrons. The summed E-state index contributed by atoms with van der Waals surface area (Å²) in [5, 5.41) is 1.18. The van der Waals surface area contributed by atoms with Crippen LogP contribution in [0.25, 0.3) is 10.9 Å². The molecular weight excluding hydrogens is 372 g/mol. The molecule has 0 amide bonds. The van der Waals surface area contributed by atoms with Crippen molar-refractivity contribution in [2.45, 2.75) is 38.2 Å². The van der Waals surface area contributed by atoms with Gasteiger partial charge in [-0.15, -0.1) is 0 Å². The molecule has 0 aliphatic carbocycles. The summed E-state index contributed by atoms with van der Waals surface area (Å²) in [6.07, 6.45) is 11.6. The summed E-state index contributed by atoms with van der Waals surface area (Å²) in [6.45, 7) is 3.43. The fourth-order valence-electron chi connectivity index (χ4n) is 4.67. The number of nitrogens with zero attached hydrogens (tertiary/aromatic N) is 2. The van der Waals surface area contributed by atoms with Crippen LogP contribution >= 0.6 is 0 Å². The number of allylic oxidation sites excluding steroid dienone is 1. The molecule has 1 aromatic heterocycles. The van der Waals surface area contributed by atoms with Gasteiger partial charge in [-0.3, -0.25) is 9.36 Å². The molecule has 2 aliphatic heterocycles. The molecule has 0 spiro atoms. The number of benzene rings is 2. The topological polar surface area (TPSA) is 34.5 Å². The zero-order valence-corrected chi connectivity index (χ0v) is 17.3. The van der Waals surface area contributed by atoms with Crippen molar-refractivity contribution in [3.63, 3.8) is 0 Å². The highest BCUT2D eigenvalue weighted by Crippen LogP contribution is 2.32. The van der Waals surface area contributed by atoms with Gasteiger partial charge >= 0.3 is 0 Å². The lowest BCUT2D eigenvalue weighted by molar-refractivity contribution is 0.0965. The van der Waals surface area contributed by atoms with Crippen LogP contribution in [0.5, 0.6) is 0 Å². The first-order chi connectivity index (χ1) is 14.8. The lowest BCUT2D eigenvalue weighted by atomic mass is 10.00. The van der Waals surface area contributed by atoms with Crippen molar-refractivity contribution in [3.8, 4) is 0 Å². The summed E-state index contributed by atoms with van der Waals surface area (Å²) >= 11 is 0. The van der Waals surface area contributed by atoms with Crippen LogP contribution in [0.1, 0.15) is 53.3 Å². The number of aromatic nitrogens is 1. The zero-order valence-electron chi connectivity index (χ0n) is 17.3. The second-order valence-corrected chi connectivity index (χ2v) is 8.34. The standard InChI is InChI=1S/C26H28N2O2/c29-26(20-8-2-1-3-9-20)28-19-22(13-16-27-14-5-6-15-27)23-18-21(11-12-24(23)28)25-10-4-7-17-30-25/h1-3,7-9,11-12,17-19,25H,4-6,10,13-16H2. The number of carbonyl (C=O) groups is 1. The smallest absolute Gasteiger partial charge is 0.262 e. The number of ether oxygens (including phenoxy) is 1. The van der Waals surface area contributed by atoms with Crippen LogP contribution in [0.4, 0.5) is 0 Å². The van der Waals surface area contributed by atoms with E-state index in [2.05, 4.69) is 35.4 Å². The molecule has 0 radical (unpaired) electrons. The minimum absolute atomic E-state index is 0.0256. The Balaban J connectivity index is 1.52. The Hall–Kier alpha value is -2.85. The summed E-state index contributed by atoms with van der Waals surface area (Å²) < 4.78 is 7.68. The lowest BCUT2D eigenvalue weighted by Gasteiger charge is -2.20. The van der Waals surface area contributed by atoms with Gasteiger partial charge in [-0.05, 0) is 86.7 Å². The molecule has 0 N–H and O–H groups in total. The van der Waals surface area contributed by atoms with Crippen molar-refractivity contribution in [1.29, 1.82) is 0 Å². The fraction of sp³-hybridized carbons (Fsp3) is 0.346. The first kappa shape index (κ1) is 19.1. The number of hydrogen-bond donors (Lipinski definition) is 0. The van der Waals surface area contributed by atoms with Crippen molar-refractivity contribution in [2.24, 2.45) is 0 Å². The van der Waals surface area contributed by atoms with Gasteiger partial charge in [-0.25, -0.2) is 0 Å². The normalized spacial score (nSPS) is 19.3. The molecule has 30 heavy (non-hydrogen) atoms. The van der Waals surface area contributed by atoms with E-state index in [0.29, 0.717) is 5.56 Å². The van der Waals surface area contributed by atoms with Crippen molar-refractivity contribution in [1.82, 2.24) is 9.47 Å². The molecule has 3 aromatic rings. The number of carbonyl (C=O) groups excluding carboxylic acids is 1. The van der Waals surface area contributed by atoms with Gasteiger partial charge in [0.25, 0.3) is 5.91 Å². The Morgan fingerprint density at radius 1 is 1.07 bits per heavy atom. The van der Waals surface area contributed by atoms with Gasteiger partial charge in [0.2, 0.25) is 0 Å². The van der Waals surface area contributed by atoms with Gasteiger partial charge in [-0.1, -0.05) is 24.3 Å². The molecule has 0 bridgehead atoms. The van der Waals surface area contributed by atoms with E-state index in [-0.39, 0.29) is 12.0 Å². The van der Waals surface area contributed by atoms with Crippen molar-refractivity contribution < 1.29 is 9.53 Å². The Bertz CT molecular complexity index is 1060. The Kier molecular flexibility index (Phi) is 5.41. The quantitative estimate of drug-likeness (QED) is 0.580. The van der Waals surface area contributed by atoms with Crippen molar-refractivity contribution >= 4 is 16.8 Å². The third kappa shape index (κ3) is 3.80. The fourth-order valence-corrected chi connectivity index (χ4v) is 4.67. The highest BCUT2D eigenvalue weighted by molar-refractivity contribution is 6.03. The Labute approximate surface area is 177 Å². The highest BCUT2D eigenvalue weighted by atomic mass is 16.5. The molecule has 1 unspecified atom stereocenters. The third-order valence-corrected chi connectivity index (χ3v) is 6.35. The van der Waals surface area contributed by atoms with Crippen LogP contribution in [-0.4, -0.2) is 35.0 Å². The zero-order chi connectivity index (χ0) is 20.3. The van der Waals surface area contributed by atoms with Gasteiger partial charge in [0.1, 0.15) is 6.10 Å². The molecule has 1 saturated heterocycles. The van der Waals surface area contributed by atoms with Gasteiger partial charge in [0.15, 0.2) is 0 Å². The van der Waals surface area contributed by atoms with E-state index in [0.717, 1.165) is 31.3 Å². The number of hydrogen-bond acceptors (Lipinski definition) is 3. The van der Waals surface area contributed by atoms with Crippen LogP contribution in [0, 0.1) is 0 Å². The molecule has 2 aliphatic rings. The van der Waals surface area contributed by atoms with Crippen LogP contribution < -0.4 is 0 Å². The summed E-state index contributed by atoms with van der Waals surface area (Å²) in [4.78, 5) is 15.8. The minimum Gasteiger partial charge on any atom is -0.494 e. The SMILES string of the molecule is O=C(c1ccccc1)n1cc(CCN2CCCC2)c2cc(C3CCC=CO3)ccc21. The molecule has 5 rings (SSSR count). The maximum Gasteiger partial charge on any atom is 0.262 e. The third-order valence-electron chi connectivity index (χ3n) is 6.35. The van der Waals surface area contributed by atoms with Gasteiger partial charge < -0.3 is 9.64 Å². The summed E-state index contributed by atoms with van der Waals surface area (Å²) in [5.41, 5.74) is 4.13. The summed E-state index contributed by atoms with van der Waals surface area (Å²) in [5.74, 6) is 0.0256. The van der Waals surface area contributed by atoms with E-state index >= 15 is 0 Å². The van der Waals surface area contributed by atoms with Crippen molar-refractivity contribution in [2.75, 3.05) is 19.6 Å². The average molecular weight is 401 g/mol. The Morgan fingerprint density at radius 2 is 1.90 bits per heavy atom. The predicted molar refractivity (Wildman–Crippen MR) is 120 cm³/mol. The second-order valence-electron chi connectivity index (χ2n) is 8.34. The second kappa shape index (κ2) is 8.49. The summed E-state index contributed by atoms with van der Waals surface area (Å²) in [7, 11) is 0. The number of fused-ring (bicyclic) bond motifs is 1. The van der Waals surface area contributed by atoms with E-state index < -0.39 is 0 Å². The molecule has 2 aromatic carbocycles. The lowest BCUT2D eigenvalue weighted by Crippen LogP contribution is -2.21. The predicted octanol–water partition coefficient (Wildman–Crippen LogP) is 5.33. The minimum atomic E-state index is 0.0256. The monoisotopic (exact) mass is 400 g/mol. The maximum absolute atomic E-state index is 13.2. The van der Waals surface area contributed by atoms with Crippen LogP contribution in [0.15, 0.2) is 67.1 Å². The Morgan fingerprint density at radius 3 is 2.67 bits per heavy atom. The van der Waals surface area contributed by atoms with Crippen molar-refractivity contribution in [3.05, 3.63) is 83.8 Å². The van der Waals surface area contributed by atoms with Gasteiger partial charge in [0, 0.05) is 23.7 Å². The van der Waals surface area contributed by atoms with E-state index in [4.69, 9.17) is 4.74 Å². The van der Waals surface area contributed by atoms with Crippen LogP contribution in [0.3, 0.4) is 0 Å². The van der Waals surface area contributed by atoms with Gasteiger partial charge in [0.05, 0.1) is 11.8 Å². The molecule has 1 atom stereocenters. The van der Waals surface area contributed by atoms with Crippen LogP contribution in [0.2, 0.25) is 0 Å². The van der Waals surface area contributed by atoms with E-state index in [9.17, 15) is 4.79 Å². The molecule has 1 fully saturated rings. The molecule has 4 heteroatoms. The first-order valence-electron chi connectivity index (χ1n) is 11.1. The highest BCUT2D eigenvalue weighted by Gasteiger charge is 2.20.